The van der Waals surface area contributed by atoms with Gasteiger partial charge in [-0.1, -0.05) is 109 Å². The number of benzene rings is 2. The molecule has 18 aliphatic rings. The maximum absolute atomic E-state index is 15.1. The van der Waals surface area contributed by atoms with Crippen LogP contribution in [0.3, 0.4) is 0 Å². The highest BCUT2D eigenvalue weighted by Crippen LogP contribution is 2.85. The molecule has 12 bridgehead atoms. The number of aliphatic hydroxyl groups excluding tert-OH is 1. The van der Waals surface area contributed by atoms with Crippen LogP contribution in [0.5, 0.6) is 11.5 Å². The van der Waals surface area contributed by atoms with Crippen molar-refractivity contribution in [2.45, 2.75) is 259 Å². The summed E-state index contributed by atoms with van der Waals surface area (Å²) in [5.74, 6) is 5.35. The number of rotatable bonds is 2. The van der Waals surface area contributed by atoms with E-state index in [0.29, 0.717) is 96.3 Å². The first-order valence-corrected chi connectivity index (χ1v) is 38.6. The van der Waals surface area contributed by atoms with Gasteiger partial charge in [-0.2, -0.15) is 0 Å². The molecule has 20 rings (SSSR count). The number of nitrogens with one attached hydrogen (secondary N) is 1. The molecular formula is C76H102N4O6S2. The van der Waals surface area contributed by atoms with Crippen LogP contribution in [0, 0.1) is 73.9 Å². The van der Waals surface area contributed by atoms with Crippen molar-refractivity contribution in [1.29, 1.82) is 0 Å². The molecule has 5 N–H and O–H groups in total. The molecule has 88 heavy (non-hydrogen) atoms. The zero-order valence-electron chi connectivity index (χ0n) is 53.0. The van der Waals surface area contributed by atoms with Crippen LogP contribution in [0.25, 0.3) is 0 Å². The van der Waals surface area contributed by atoms with E-state index in [-0.39, 0.29) is 69.0 Å². The third-order valence-electron chi connectivity index (χ3n) is 30.3. The first kappa shape index (κ1) is 58.2. The van der Waals surface area contributed by atoms with Gasteiger partial charge in [0, 0.05) is 78.9 Å². The molecule has 8 spiro atoms. The maximum atomic E-state index is 15.1. The molecule has 6 heterocycles. The van der Waals surface area contributed by atoms with E-state index in [1.54, 1.807) is 6.92 Å². The van der Waals surface area contributed by atoms with Crippen LogP contribution in [0.15, 0.2) is 65.7 Å². The number of carbonyl (C=O) groups excluding carboxylic acids is 2. The monoisotopic (exact) mass is 1230 g/mol. The molecule has 474 valence electrons. The smallest absolute Gasteiger partial charge is 0.303 e. The van der Waals surface area contributed by atoms with Crippen molar-refractivity contribution in [2.75, 3.05) is 18.8 Å². The Morgan fingerprint density at radius 1 is 0.784 bits per heavy atom. The van der Waals surface area contributed by atoms with Crippen LogP contribution in [0.2, 0.25) is 0 Å². The number of aryl methyl sites for hydroxylation is 1. The second-order valence-corrected chi connectivity index (χ2v) is 35.7. The minimum absolute atomic E-state index is 0.0837. The Hall–Kier alpha value is -3.61. The van der Waals surface area contributed by atoms with Crippen LogP contribution >= 0.6 is 21.6 Å². The lowest BCUT2D eigenvalue weighted by atomic mass is 9.42. The minimum Gasteiger partial charge on any atom is -0.504 e. The highest BCUT2D eigenvalue weighted by Gasteiger charge is 2.78. The molecule has 6 aliphatic heterocycles. The number of nitrogens with two attached hydrogens (primary N) is 1. The molecule has 0 radical (unpaired) electrons. The molecule has 10 saturated carbocycles. The molecule has 1 amide bonds. The Balaban J connectivity index is 0.788. The highest BCUT2D eigenvalue weighted by molar-refractivity contribution is 8.77. The molecule has 10 nitrogen and oxygen atoms in total. The first-order valence-electron chi connectivity index (χ1n) is 36.3. The number of nitrogens with zero attached hydrogens (tertiary/aromatic N) is 2. The Kier molecular flexibility index (Phi) is 14.0. The topological polar surface area (TPSA) is 147 Å². The molecule has 11 fully saturated rings. The number of aliphatic hydroxyl groups is 1. The fraction of sp³-hybridized carbons (Fsp3) is 0.750. The summed E-state index contributed by atoms with van der Waals surface area (Å²) in [7, 11) is 4.39. The Morgan fingerprint density at radius 3 is 2.39 bits per heavy atom. The van der Waals surface area contributed by atoms with Gasteiger partial charge in [0.05, 0.1) is 6.10 Å². The molecule has 12 aliphatic carbocycles. The third-order valence-corrected chi connectivity index (χ3v) is 33.6. The predicted molar refractivity (Wildman–Crippen MR) is 350 cm³/mol. The second kappa shape index (κ2) is 21.2. The number of aliphatic imine (C=N–C) groups is 1. The molecule has 12 heteroatoms. The number of hydrogen-bond acceptors (Lipinski definition) is 11. The predicted octanol–water partition coefficient (Wildman–Crippen LogP) is 15.9. The maximum Gasteiger partial charge on any atom is 0.303 e. The number of amides is 1. The van der Waals surface area contributed by atoms with Crippen molar-refractivity contribution in [3.8, 4) is 11.5 Å². The number of allylic oxidation sites excluding steroid dienone is 3. The number of carbonyl (C=O) groups is 2. The average molecular weight is 1230 g/mol. The highest BCUT2D eigenvalue weighted by atomic mass is 33.1. The molecule has 0 aromatic heterocycles. The lowest BCUT2D eigenvalue weighted by Crippen LogP contribution is -2.59. The van der Waals surface area contributed by atoms with Crippen LogP contribution in [0.1, 0.15) is 246 Å². The van der Waals surface area contributed by atoms with Gasteiger partial charge >= 0.3 is 5.97 Å². The fourth-order valence-corrected chi connectivity index (χ4v) is 30.9. The minimum atomic E-state index is -0.835. The summed E-state index contributed by atoms with van der Waals surface area (Å²) in [6.45, 7) is 3.02. The first-order chi connectivity index (χ1) is 42.7. The summed E-state index contributed by atoms with van der Waals surface area (Å²) in [5.41, 5.74) is 11.5. The molecular weight excluding hydrogens is 1130 g/mol. The van der Waals surface area contributed by atoms with E-state index in [1.807, 2.05) is 0 Å². The lowest BCUT2D eigenvalue weighted by Gasteiger charge is -2.63. The third kappa shape index (κ3) is 8.30. The fourth-order valence-electron chi connectivity index (χ4n) is 26.9. The molecule has 2 aromatic rings. The van der Waals surface area contributed by atoms with E-state index in [4.69, 9.17) is 20.2 Å². The van der Waals surface area contributed by atoms with Gasteiger partial charge in [-0.15, -0.1) is 0 Å². The second-order valence-electron chi connectivity index (χ2n) is 33.1. The molecule has 0 unspecified atom stereocenters. The average Bonchev–Trinajstić information content (AvgIpc) is 1.48. The molecule has 16 atom stereocenters. The molecule has 2 aromatic carbocycles. The number of phenols is 1. The summed E-state index contributed by atoms with van der Waals surface area (Å²) in [5, 5.41) is 30.4. The summed E-state index contributed by atoms with van der Waals surface area (Å²) >= 11 is 0. The van der Waals surface area contributed by atoms with Crippen LogP contribution in [0.4, 0.5) is 0 Å². The number of phenolic OH excluding ortho intramolecular Hbond substituents is 1. The zero-order valence-corrected chi connectivity index (χ0v) is 54.7. The summed E-state index contributed by atoms with van der Waals surface area (Å²) in [4.78, 5) is 36.1. The van der Waals surface area contributed by atoms with Crippen molar-refractivity contribution in [2.24, 2.45) is 84.6 Å². The summed E-state index contributed by atoms with van der Waals surface area (Å²) < 4.78 is 14.1. The van der Waals surface area contributed by atoms with Crippen molar-refractivity contribution in [3.63, 3.8) is 0 Å². The van der Waals surface area contributed by atoms with Crippen molar-refractivity contribution >= 4 is 39.4 Å². The van der Waals surface area contributed by atoms with Crippen LogP contribution in [-0.4, -0.2) is 74.0 Å². The van der Waals surface area contributed by atoms with E-state index < -0.39 is 17.3 Å². The normalized spacial score (nSPS) is 44.0. The van der Waals surface area contributed by atoms with Crippen LogP contribution in [-0.2, 0) is 27.3 Å². The van der Waals surface area contributed by atoms with E-state index in [0.717, 1.165) is 86.7 Å². The zero-order chi connectivity index (χ0) is 59.5. The Bertz CT molecular complexity index is 3180. The number of esters is 1. The number of aromatic hydroxyl groups is 1. The van der Waals surface area contributed by atoms with Crippen molar-refractivity contribution < 1.29 is 29.3 Å². The number of ether oxygens (including phenoxy) is 2. The number of fused-ring (bicyclic) bond motifs is 2. The van der Waals surface area contributed by atoms with Gasteiger partial charge in [-0.3, -0.25) is 14.6 Å². The van der Waals surface area contributed by atoms with E-state index in [9.17, 15) is 15.0 Å². The van der Waals surface area contributed by atoms with Crippen LogP contribution < -0.4 is 15.8 Å². The lowest BCUT2D eigenvalue weighted by molar-refractivity contribution is -0.177. The van der Waals surface area contributed by atoms with Crippen molar-refractivity contribution in [1.82, 2.24) is 10.2 Å². The van der Waals surface area contributed by atoms with E-state index >= 15 is 4.79 Å². The van der Waals surface area contributed by atoms with E-state index in [1.165, 1.54) is 128 Å². The quantitative estimate of drug-likeness (QED) is 0.130. The standard InChI is InChI=1S/C76H102N4O6S2/c1-49(81)85-70-34-22-51-41-53(65(84)66-64(51)52-23-36-73(86-66)30-11-15-54(73)42-52)46-80-48-71(44-63(80)83)55(17-19-59(71)50-13-3-2-4-14-50)45-78-67(77)79-76(33-12-29-69(76)27-7-8-28-69)88-87-47-56-16-18-57(58(24-35-70)61(82)43-70)60-20-21-62-68(25-5-6-26-68)37-38-72(62)39-40-75(56,60)74(72)31-9-10-32-74/h2-4,13-14,20-21,23,36,41,52,54-62,82,84H,5-12,15-19,22,24-35,37-40,42-48H2,1H3,(H3,77,78,79)/t52-,54+,55+,56+,57+,58+,59+,60-,61+,62-,70-,71+,72-,73+,75-,76+/m0/s1. The number of hydrogen-bond donors (Lipinski definition) is 4. The Morgan fingerprint density at radius 2 is 1.57 bits per heavy atom. The van der Waals surface area contributed by atoms with E-state index in [2.05, 4.69) is 92.5 Å². The van der Waals surface area contributed by atoms with Gasteiger partial charge in [-0.25, -0.2) is 0 Å². The van der Waals surface area contributed by atoms with Gasteiger partial charge in [0.2, 0.25) is 5.91 Å². The SMILES string of the molecule is CC(=O)O[C@@]12CCc3cc(c(O)c4c3[C@H]3C=C[C@@]5(CCC[C@@H]5C3)O4)CN3C[C@]4(CC3=O)[C@H](CC[C@@H]4c3ccccc3)CN=C(N)N[C@]3(CCCC34CCCC4)SSC[C@H]3CC[C@H]([C@@H](CC1)[C@H](O)C2)[C@@H]1C=C[C@H]2C4(CCCC4)CC[C@]24CC[C@]31C41CCCC1. The van der Waals surface area contributed by atoms with Gasteiger partial charge in [0.1, 0.15) is 16.1 Å². The van der Waals surface area contributed by atoms with Gasteiger partial charge in [0.15, 0.2) is 17.5 Å². The molecule has 1 saturated heterocycles. The van der Waals surface area contributed by atoms with Gasteiger partial charge in [0.25, 0.3) is 0 Å². The van der Waals surface area contributed by atoms with Crippen molar-refractivity contribution in [3.05, 3.63) is 83.0 Å². The Labute approximate surface area is 533 Å². The van der Waals surface area contributed by atoms with Gasteiger partial charge < -0.3 is 35.6 Å². The summed E-state index contributed by atoms with van der Waals surface area (Å²) in [6, 6.07) is 13.2. The van der Waals surface area contributed by atoms with Gasteiger partial charge in [-0.05, 0) is 247 Å². The number of guanidine groups is 1. The summed E-state index contributed by atoms with van der Waals surface area (Å²) in [6.07, 6.45) is 47.3. The largest absolute Gasteiger partial charge is 0.504 e.